The fourth-order valence-corrected chi connectivity index (χ4v) is 3.06. The maximum atomic E-state index is 11.7. The van der Waals surface area contributed by atoms with Gasteiger partial charge in [-0.1, -0.05) is 0 Å². The SMILES string of the molecule is O=C(O)CCNC(=O)CSCc1cc(=O)n2ccsc2n1. The van der Waals surface area contributed by atoms with Crippen molar-refractivity contribution in [2.24, 2.45) is 0 Å². The number of hydrogen-bond acceptors (Lipinski definition) is 6. The van der Waals surface area contributed by atoms with Crippen molar-refractivity contribution in [3.63, 3.8) is 0 Å². The predicted octanol–water partition coefficient (Wildman–Crippen LogP) is 0.580. The Morgan fingerprint density at radius 2 is 2.29 bits per heavy atom. The Kier molecular flexibility index (Phi) is 5.34. The Morgan fingerprint density at radius 1 is 1.48 bits per heavy atom. The van der Waals surface area contributed by atoms with Crippen molar-refractivity contribution in [2.75, 3.05) is 12.3 Å². The molecule has 0 bridgehead atoms. The van der Waals surface area contributed by atoms with Crippen molar-refractivity contribution in [3.8, 4) is 0 Å². The van der Waals surface area contributed by atoms with Gasteiger partial charge in [0.2, 0.25) is 5.91 Å². The lowest BCUT2D eigenvalue weighted by Crippen LogP contribution is -2.27. The van der Waals surface area contributed by atoms with Crippen LogP contribution in [0.25, 0.3) is 4.96 Å². The average molecular weight is 327 g/mol. The molecule has 0 atom stereocenters. The molecule has 0 aliphatic rings. The minimum absolute atomic E-state index is 0.0935. The highest BCUT2D eigenvalue weighted by atomic mass is 32.2. The summed E-state index contributed by atoms with van der Waals surface area (Å²) in [5.41, 5.74) is 0.494. The molecule has 2 aromatic heterocycles. The molecular formula is C12H13N3O4S2. The summed E-state index contributed by atoms with van der Waals surface area (Å²) < 4.78 is 1.47. The first-order valence-electron chi connectivity index (χ1n) is 6.08. The van der Waals surface area contributed by atoms with Gasteiger partial charge in [0.15, 0.2) is 4.96 Å². The number of amides is 1. The molecule has 0 aliphatic carbocycles. The number of nitrogens with zero attached hydrogens (tertiary/aromatic N) is 2. The average Bonchev–Trinajstić information content (AvgIpc) is 2.87. The molecule has 9 heteroatoms. The first-order chi connectivity index (χ1) is 10.1. The highest BCUT2D eigenvalue weighted by molar-refractivity contribution is 7.99. The van der Waals surface area contributed by atoms with E-state index < -0.39 is 5.97 Å². The monoisotopic (exact) mass is 327 g/mol. The largest absolute Gasteiger partial charge is 0.481 e. The van der Waals surface area contributed by atoms with E-state index >= 15 is 0 Å². The van der Waals surface area contributed by atoms with E-state index in [1.54, 1.807) is 11.6 Å². The fraction of sp³-hybridized carbons (Fsp3) is 0.333. The van der Waals surface area contributed by atoms with Crippen molar-refractivity contribution in [1.29, 1.82) is 0 Å². The predicted molar refractivity (Wildman–Crippen MR) is 80.8 cm³/mol. The van der Waals surface area contributed by atoms with Crippen LogP contribution in [-0.2, 0) is 15.3 Å². The molecule has 0 aliphatic heterocycles. The molecule has 1 amide bonds. The Morgan fingerprint density at radius 3 is 3.05 bits per heavy atom. The van der Waals surface area contributed by atoms with Gasteiger partial charge in [0.25, 0.3) is 5.56 Å². The zero-order valence-electron chi connectivity index (χ0n) is 10.9. The van der Waals surface area contributed by atoms with E-state index in [2.05, 4.69) is 10.3 Å². The number of aromatic nitrogens is 2. The summed E-state index contributed by atoms with van der Waals surface area (Å²) >= 11 is 2.70. The maximum Gasteiger partial charge on any atom is 0.305 e. The number of fused-ring (bicyclic) bond motifs is 1. The van der Waals surface area contributed by atoms with E-state index in [1.165, 1.54) is 33.6 Å². The smallest absolute Gasteiger partial charge is 0.305 e. The lowest BCUT2D eigenvalue weighted by molar-refractivity contribution is -0.136. The molecular weight excluding hydrogens is 314 g/mol. The van der Waals surface area contributed by atoms with Gasteiger partial charge in [0.1, 0.15) is 0 Å². The highest BCUT2D eigenvalue weighted by Crippen LogP contribution is 2.12. The molecule has 0 unspecified atom stereocenters. The minimum atomic E-state index is -0.947. The van der Waals surface area contributed by atoms with Crippen LogP contribution in [0.1, 0.15) is 12.1 Å². The molecule has 21 heavy (non-hydrogen) atoms. The molecule has 2 N–H and O–H groups in total. The van der Waals surface area contributed by atoms with Crippen molar-refractivity contribution in [2.45, 2.75) is 12.2 Å². The Balaban J connectivity index is 1.80. The molecule has 2 rings (SSSR count). The highest BCUT2D eigenvalue weighted by Gasteiger charge is 2.06. The standard InChI is InChI=1S/C12H13N3O4S2/c16-9(13-2-1-11(18)19)7-20-6-8-5-10(17)15-3-4-21-12(15)14-8/h3-5H,1-2,6-7H2,(H,13,16)(H,18,19). The van der Waals surface area contributed by atoms with Gasteiger partial charge in [-0.05, 0) is 0 Å². The number of thiazole rings is 1. The molecule has 112 valence electrons. The summed E-state index contributed by atoms with van der Waals surface area (Å²) in [6.07, 6.45) is 1.58. The number of carboxylic acid groups (broad SMARTS) is 1. The second kappa shape index (κ2) is 7.23. The van der Waals surface area contributed by atoms with Crippen LogP contribution in [0.15, 0.2) is 22.4 Å². The second-order valence-corrected chi connectivity index (χ2v) is 5.99. The van der Waals surface area contributed by atoms with E-state index in [-0.39, 0.29) is 30.2 Å². The van der Waals surface area contributed by atoms with Gasteiger partial charge in [-0.15, -0.1) is 23.1 Å². The van der Waals surface area contributed by atoms with Gasteiger partial charge in [-0.3, -0.25) is 18.8 Å². The lowest BCUT2D eigenvalue weighted by atomic mass is 10.4. The second-order valence-electron chi connectivity index (χ2n) is 4.13. The maximum absolute atomic E-state index is 11.7. The van der Waals surface area contributed by atoms with Gasteiger partial charge in [-0.2, -0.15) is 0 Å². The molecule has 2 aromatic rings. The fourth-order valence-electron chi connectivity index (χ4n) is 1.57. The minimum Gasteiger partial charge on any atom is -0.481 e. The van der Waals surface area contributed by atoms with Crippen molar-refractivity contribution in [3.05, 3.63) is 33.7 Å². The number of carbonyl (C=O) groups excluding carboxylic acids is 1. The van der Waals surface area contributed by atoms with Gasteiger partial charge in [0, 0.05) is 29.9 Å². The molecule has 0 aromatic carbocycles. The normalized spacial score (nSPS) is 10.7. The van der Waals surface area contributed by atoms with Crippen molar-refractivity contribution in [1.82, 2.24) is 14.7 Å². The van der Waals surface area contributed by atoms with Crippen LogP contribution in [0.3, 0.4) is 0 Å². The Bertz CT molecular complexity index is 710. The van der Waals surface area contributed by atoms with E-state index in [0.29, 0.717) is 16.4 Å². The quantitative estimate of drug-likeness (QED) is 0.771. The van der Waals surface area contributed by atoms with Crippen LogP contribution in [0, 0.1) is 0 Å². The molecule has 2 heterocycles. The van der Waals surface area contributed by atoms with Gasteiger partial charge in [-0.25, -0.2) is 4.98 Å². The summed E-state index contributed by atoms with van der Waals surface area (Å²) in [4.78, 5) is 38.5. The molecule has 0 saturated carbocycles. The molecule has 0 spiro atoms. The number of nitrogens with one attached hydrogen (secondary N) is 1. The third-order valence-electron chi connectivity index (χ3n) is 2.50. The summed E-state index contributed by atoms with van der Waals surface area (Å²) in [5, 5.41) is 12.8. The molecule has 0 radical (unpaired) electrons. The Labute approximate surface area is 128 Å². The first-order valence-corrected chi connectivity index (χ1v) is 8.12. The molecule has 0 fully saturated rings. The number of aliphatic carboxylic acids is 1. The summed E-state index contributed by atoms with van der Waals surface area (Å²) in [6.45, 7) is 0.121. The van der Waals surface area contributed by atoms with E-state index in [9.17, 15) is 14.4 Å². The number of rotatable bonds is 7. The third-order valence-corrected chi connectivity index (χ3v) is 4.22. The van der Waals surface area contributed by atoms with Crippen LogP contribution in [0.4, 0.5) is 0 Å². The number of thioether (sulfide) groups is 1. The van der Waals surface area contributed by atoms with Crippen molar-refractivity contribution < 1.29 is 14.7 Å². The Hall–Kier alpha value is -1.87. The first kappa shape index (κ1) is 15.5. The van der Waals surface area contributed by atoms with Crippen LogP contribution >= 0.6 is 23.1 Å². The zero-order valence-corrected chi connectivity index (χ0v) is 12.6. The number of carbonyl (C=O) groups is 2. The number of hydrogen-bond donors (Lipinski definition) is 2. The van der Waals surface area contributed by atoms with Crippen LogP contribution < -0.4 is 10.9 Å². The summed E-state index contributed by atoms with van der Waals surface area (Å²) in [5.74, 6) is -0.520. The van der Waals surface area contributed by atoms with Crippen LogP contribution in [-0.4, -0.2) is 38.7 Å². The van der Waals surface area contributed by atoms with E-state index in [1.807, 2.05) is 0 Å². The lowest BCUT2D eigenvalue weighted by Gasteiger charge is -2.03. The van der Waals surface area contributed by atoms with Gasteiger partial charge >= 0.3 is 5.97 Å². The number of carboxylic acids is 1. The summed E-state index contributed by atoms with van der Waals surface area (Å²) in [6, 6.07) is 1.45. The van der Waals surface area contributed by atoms with Crippen LogP contribution in [0.2, 0.25) is 0 Å². The topological polar surface area (TPSA) is 101 Å². The molecule has 0 saturated heterocycles. The van der Waals surface area contributed by atoms with Gasteiger partial charge < -0.3 is 10.4 Å². The molecule has 7 nitrogen and oxygen atoms in total. The van der Waals surface area contributed by atoms with E-state index in [0.717, 1.165) is 0 Å². The zero-order chi connectivity index (χ0) is 15.2. The van der Waals surface area contributed by atoms with Crippen LogP contribution in [0.5, 0.6) is 0 Å². The van der Waals surface area contributed by atoms with E-state index in [4.69, 9.17) is 5.11 Å². The summed E-state index contributed by atoms with van der Waals surface area (Å²) in [7, 11) is 0. The third kappa shape index (κ3) is 4.57. The van der Waals surface area contributed by atoms with Crippen molar-refractivity contribution >= 4 is 39.9 Å². The van der Waals surface area contributed by atoms with Gasteiger partial charge in [0.05, 0.1) is 17.9 Å².